The summed E-state index contributed by atoms with van der Waals surface area (Å²) < 4.78 is 0. The summed E-state index contributed by atoms with van der Waals surface area (Å²) in [5.74, 6) is -7.36. The van der Waals surface area contributed by atoms with Crippen molar-refractivity contribution in [3.63, 3.8) is 0 Å². The number of hydrogen-bond acceptors (Lipinski definition) is 9. The number of allylic oxidation sites excluding steroid dienone is 1. The van der Waals surface area contributed by atoms with Gasteiger partial charge in [-0.15, -0.1) is 0 Å². The molecule has 10 rings (SSSR count). The topological polar surface area (TPSA) is 164 Å². The number of non-ortho nitro benzene ring substituents is 2. The van der Waals surface area contributed by atoms with Gasteiger partial charge in [-0.25, -0.2) is 9.80 Å². The number of carbonyl (C=O) groups is 4. The Labute approximate surface area is 276 Å². The third-order valence-corrected chi connectivity index (χ3v) is 10.7. The van der Waals surface area contributed by atoms with E-state index in [9.17, 15) is 39.4 Å². The minimum Gasteiger partial charge on any atom is -0.329 e. The van der Waals surface area contributed by atoms with E-state index in [4.69, 9.17) is 0 Å². The number of carbonyl (C=O) groups excluding carboxylic acids is 4. The predicted octanol–water partition coefficient (Wildman–Crippen LogP) is 5.03. The monoisotopic (exact) mass is 653 g/mol. The van der Waals surface area contributed by atoms with Crippen LogP contribution in [0.5, 0.6) is 0 Å². The average molecular weight is 654 g/mol. The number of benzene rings is 4. The third kappa shape index (κ3) is 3.48. The van der Waals surface area contributed by atoms with Crippen LogP contribution in [0.15, 0.2) is 109 Å². The molecule has 6 aliphatic rings. The first-order valence-corrected chi connectivity index (χ1v) is 15.6. The molecule has 13 nitrogen and oxygen atoms in total. The van der Waals surface area contributed by atoms with Crippen molar-refractivity contribution in [2.75, 3.05) is 14.7 Å². The van der Waals surface area contributed by atoms with Gasteiger partial charge in [0.15, 0.2) is 0 Å². The fourth-order valence-corrected chi connectivity index (χ4v) is 9.05. The molecular weight excluding hydrogens is 630 g/mol. The summed E-state index contributed by atoms with van der Waals surface area (Å²) in [5, 5.41) is 22.7. The number of fused-ring (bicyclic) bond motifs is 1. The van der Waals surface area contributed by atoms with Crippen LogP contribution >= 0.6 is 0 Å². The maximum atomic E-state index is 14.9. The van der Waals surface area contributed by atoms with E-state index in [-0.39, 0.29) is 22.7 Å². The molecule has 3 heterocycles. The Morgan fingerprint density at radius 2 is 1.02 bits per heavy atom. The van der Waals surface area contributed by atoms with Gasteiger partial charge in [0.2, 0.25) is 23.6 Å². The number of nitrogens with zero attached hydrogens (tertiary/aromatic N) is 5. The van der Waals surface area contributed by atoms with Crippen LogP contribution in [0.3, 0.4) is 0 Å². The SMILES string of the molecule is O=C1[C@@H]2C3C=C4c5ccccc5N(c5ccccc5)C4([C@@H]2C(=O)N1c1ccc([N+](=O)[O-])cc1)[C@H]1C(=O)N(c2ccc([N+](=O)[O-])cc2)C(=O)[C@@H]31. The number of para-hydroxylation sites is 2. The van der Waals surface area contributed by atoms with E-state index in [0.29, 0.717) is 16.9 Å². The van der Waals surface area contributed by atoms with Crippen LogP contribution in [0.1, 0.15) is 5.56 Å². The van der Waals surface area contributed by atoms with Crippen molar-refractivity contribution in [1.82, 2.24) is 0 Å². The van der Waals surface area contributed by atoms with Gasteiger partial charge in [-0.3, -0.25) is 39.4 Å². The number of imide groups is 2. The molecule has 240 valence electrons. The molecule has 0 radical (unpaired) electrons. The normalized spacial score (nSPS) is 27.6. The lowest BCUT2D eigenvalue weighted by atomic mass is 9.47. The minimum absolute atomic E-state index is 0.157. The molecule has 13 heteroatoms. The lowest BCUT2D eigenvalue weighted by Gasteiger charge is -2.57. The van der Waals surface area contributed by atoms with Crippen molar-refractivity contribution in [3.8, 4) is 0 Å². The van der Waals surface area contributed by atoms with Gasteiger partial charge in [-0.2, -0.15) is 0 Å². The van der Waals surface area contributed by atoms with E-state index < -0.39 is 68.6 Å². The fourth-order valence-electron chi connectivity index (χ4n) is 9.05. The van der Waals surface area contributed by atoms with Crippen molar-refractivity contribution < 1.29 is 29.0 Å². The Morgan fingerprint density at radius 3 is 1.51 bits per heavy atom. The van der Waals surface area contributed by atoms with Crippen LogP contribution in [0.25, 0.3) is 5.57 Å². The van der Waals surface area contributed by atoms with Gasteiger partial charge >= 0.3 is 0 Å². The van der Waals surface area contributed by atoms with Crippen molar-refractivity contribution in [1.29, 1.82) is 0 Å². The first-order chi connectivity index (χ1) is 23.7. The van der Waals surface area contributed by atoms with Crippen LogP contribution in [0.2, 0.25) is 0 Å². The van der Waals surface area contributed by atoms with Crippen molar-refractivity contribution in [3.05, 3.63) is 135 Å². The van der Waals surface area contributed by atoms with Gasteiger partial charge in [-0.05, 0) is 48.0 Å². The number of nitro groups is 2. The molecule has 2 unspecified atom stereocenters. The van der Waals surface area contributed by atoms with E-state index in [2.05, 4.69) is 0 Å². The molecule has 49 heavy (non-hydrogen) atoms. The molecule has 0 N–H and O–H groups in total. The van der Waals surface area contributed by atoms with E-state index in [1.807, 2.05) is 65.6 Å². The molecule has 4 aromatic carbocycles. The first-order valence-electron chi connectivity index (χ1n) is 15.6. The zero-order valence-electron chi connectivity index (χ0n) is 25.3. The van der Waals surface area contributed by atoms with Crippen molar-refractivity contribution in [2.24, 2.45) is 29.6 Å². The van der Waals surface area contributed by atoms with Gasteiger partial charge in [0, 0.05) is 47.1 Å². The van der Waals surface area contributed by atoms with Gasteiger partial charge in [0.1, 0.15) is 0 Å². The summed E-state index contributed by atoms with van der Waals surface area (Å²) >= 11 is 0. The summed E-state index contributed by atoms with van der Waals surface area (Å²) in [7, 11) is 0. The Kier molecular flexibility index (Phi) is 5.72. The second-order valence-corrected chi connectivity index (χ2v) is 12.7. The Balaban J connectivity index is 1.28. The number of anilines is 4. The third-order valence-electron chi connectivity index (χ3n) is 10.7. The molecule has 3 aliphatic heterocycles. The summed E-state index contributed by atoms with van der Waals surface area (Å²) in [5.41, 5.74) is 1.20. The molecule has 0 aromatic heterocycles. The highest BCUT2D eigenvalue weighted by Gasteiger charge is 2.80. The minimum atomic E-state index is -1.51. The molecule has 2 bridgehead atoms. The van der Waals surface area contributed by atoms with E-state index in [1.165, 1.54) is 48.5 Å². The molecule has 2 saturated heterocycles. The Bertz CT molecular complexity index is 2120. The van der Waals surface area contributed by atoms with E-state index >= 15 is 0 Å². The number of nitro benzene ring substituents is 2. The highest BCUT2D eigenvalue weighted by Crippen LogP contribution is 2.71. The average Bonchev–Trinajstić information content (AvgIpc) is 3.68. The summed E-state index contributed by atoms with van der Waals surface area (Å²) in [6.45, 7) is 0. The first kappa shape index (κ1) is 28.7. The van der Waals surface area contributed by atoms with Crippen molar-refractivity contribution >= 4 is 63.3 Å². The quantitative estimate of drug-likeness (QED) is 0.163. The van der Waals surface area contributed by atoms with Crippen LogP contribution in [0.4, 0.5) is 34.1 Å². The van der Waals surface area contributed by atoms with Crippen LogP contribution < -0.4 is 14.7 Å². The molecule has 4 amide bonds. The molecule has 6 atom stereocenters. The Morgan fingerprint density at radius 1 is 0.551 bits per heavy atom. The zero-order valence-corrected chi connectivity index (χ0v) is 25.3. The number of hydrogen-bond donors (Lipinski definition) is 0. The molecule has 3 aliphatic carbocycles. The fraction of sp³-hybridized carbons (Fsp3) is 0.167. The smallest absolute Gasteiger partial charge is 0.269 e. The number of rotatable bonds is 5. The van der Waals surface area contributed by atoms with Crippen molar-refractivity contribution in [2.45, 2.75) is 5.54 Å². The van der Waals surface area contributed by atoms with Crippen LogP contribution in [-0.4, -0.2) is 39.0 Å². The summed E-state index contributed by atoms with van der Waals surface area (Å²) in [6, 6.07) is 27.0. The summed E-state index contributed by atoms with van der Waals surface area (Å²) in [6.07, 6.45) is 1.89. The van der Waals surface area contributed by atoms with E-state index in [1.54, 1.807) is 0 Å². The predicted molar refractivity (Wildman–Crippen MR) is 174 cm³/mol. The highest BCUT2D eigenvalue weighted by atomic mass is 16.6. The van der Waals surface area contributed by atoms with Gasteiger partial charge in [0.05, 0.1) is 50.4 Å². The number of amides is 4. The molecular formula is C36H23N5O8. The van der Waals surface area contributed by atoms with Crippen LogP contribution in [-0.2, 0) is 19.2 Å². The lowest BCUT2D eigenvalue weighted by Crippen LogP contribution is -2.68. The Hall–Kier alpha value is -6.50. The highest BCUT2D eigenvalue weighted by molar-refractivity contribution is 6.29. The van der Waals surface area contributed by atoms with Gasteiger partial charge in [-0.1, -0.05) is 42.5 Å². The molecule has 3 fully saturated rings. The zero-order chi connectivity index (χ0) is 33.9. The lowest BCUT2D eigenvalue weighted by molar-refractivity contribution is -0.385. The van der Waals surface area contributed by atoms with Gasteiger partial charge in [0.25, 0.3) is 11.4 Å². The molecule has 4 aromatic rings. The second kappa shape index (κ2) is 9.76. The maximum Gasteiger partial charge on any atom is 0.269 e. The second-order valence-electron chi connectivity index (χ2n) is 12.7. The maximum absolute atomic E-state index is 14.9. The van der Waals surface area contributed by atoms with E-state index in [0.717, 1.165) is 15.4 Å². The summed E-state index contributed by atoms with van der Waals surface area (Å²) in [4.78, 5) is 84.5. The van der Waals surface area contributed by atoms with Crippen LogP contribution in [0, 0.1) is 49.8 Å². The van der Waals surface area contributed by atoms with Gasteiger partial charge < -0.3 is 4.90 Å². The molecule has 1 saturated carbocycles. The largest absolute Gasteiger partial charge is 0.329 e. The standard InChI is InChI=1S/C36H23N5O8/c42-32-28-25-18-26-24-8-4-5-9-27(24)39(21-6-2-1-3-7-21)36(26,30(28)34(44)37(32)19-10-14-22(15-11-19)40(46)47)31-29(25)33(43)38(35(31)45)20-12-16-23(17-13-20)41(48)49/h1-18,25,28-31H/t25?,28-,29+,30+,31-,36?. The molecule has 1 spiro atoms.